The molecule has 0 aromatic heterocycles. The van der Waals surface area contributed by atoms with E-state index in [0.717, 1.165) is 25.9 Å². The van der Waals surface area contributed by atoms with E-state index >= 15 is 0 Å². The maximum Gasteiger partial charge on any atom is 0.166 e. The molecule has 0 saturated carbocycles. The minimum Gasteiger partial charge on any atom is -0.395 e. The average molecular weight is 280 g/mol. The summed E-state index contributed by atoms with van der Waals surface area (Å²) in [7, 11) is 0. The molecule has 1 saturated heterocycles. The predicted molar refractivity (Wildman–Crippen MR) is 75.0 cm³/mol. The van der Waals surface area contributed by atoms with Crippen molar-refractivity contribution in [3.63, 3.8) is 0 Å². The SMILES string of the molecule is NC(CO)CN1CCC(C(=O)c2ccc(F)cc2)CC1. The summed E-state index contributed by atoms with van der Waals surface area (Å²) in [5.41, 5.74) is 6.29. The van der Waals surface area contributed by atoms with Crippen molar-refractivity contribution in [2.75, 3.05) is 26.2 Å². The Kier molecular flexibility index (Phi) is 5.23. The highest BCUT2D eigenvalue weighted by Gasteiger charge is 2.26. The molecule has 2 rings (SSSR count). The normalized spacial score (nSPS) is 18.9. The van der Waals surface area contributed by atoms with Crippen LogP contribution in [0.25, 0.3) is 0 Å². The lowest BCUT2D eigenvalue weighted by atomic mass is 9.89. The molecule has 110 valence electrons. The zero-order chi connectivity index (χ0) is 14.5. The Hall–Kier alpha value is -1.30. The second-order valence-corrected chi connectivity index (χ2v) is 5.39. The van der Waals surface area contributed by atoms with E-state index in [-0.39, 0.29) is 30.2 Å². The van der Waals surface area contributed by atoms with E-state index in [4.69, 9.17) is 10.8 Å². The smallest absolute Gasteiger partial charge is 0.166 e. The molecule has 1 unspecified atom stereocenters. The maximum absolute atomic E-state index is 12.8. The monoisotopic (exact) mass is 280 g/mol. The number of carbonyl (C=O) groups is 1. The summed E-state index contributed by atoms with van der Waals surface area (Å²) < 4.78 is 12.8. The van der Waals surface area contributed by atoms with Crippen LogP contribution in [-0.2, 0) is 0 Å². The van der Waals surface area contributed by atoms with Gasteiger partial charge < -0.3 is 15.7 Å². The van der Waals surface area contributed by atoms with Crippen LogP contribution in [0.1, 0.15) is 23.2 Å². The molecule has 1 atom stereocenters. The number of aliphatic hydroxyl groups is 1. The predicted octanol–water partition coefficient (Wildman–Crippen LogP) is 1.04. The van der Waals surface area contributed by atoms with Crippen molar-refractivity contribution < 1.29 is 14.3 Å². The zero-order valence-corrected chi connectivity index (χ0v) is 11.5. The van der Waals surface area contributed by atoms with E-state index in [1.165, 1.54) is 12.1 Å². The van der Waals surface area contributed by atoms with Gasteiger partial charge >= 0.3 is 0 Å². The highest BCUT2D eigenvalue weighted by Crippen LogP contribution is 2.22. The van der Waals surface area contributed by atoms with Crippen molar-refractivity contribution >= 4 is 5.78 Å². The van der Waals surface area contributed by atoms with Crippen LogP contribution in [0.3, 0.4) is 0 Å². The van der Waals surface area contributed by atoms with Gasteiger partial charge in [-0.15, -0.1) is 0 Å². The Labute approximate surface area is 118 Å². The van der Waals surface area contributed by atoms with Crippen LogP contribution in [0.5, 0.6) is 0 Å². The molecule has 0 aliphatic carbocycles. The van der Waals surface area contributed by atoms with Crippen LogP contribution in [0.15, 0.2) is 24.3 Å². The van der Waals surface area contributed by atoms with Gasteiger partial charge in [0.25, 0.3) is 0 Å². The summed E-state index contributed by atoms with van der Waals surface area (Å²) in [6.07, 6.45) is 1.57. The number of aliphatic hydroxyl groups excluding tert-OH is 1. The molecule has 0 amide bonds. The molecular formula is C15H21FN2O2. The summed E-state index contributed by atoms with van der Waals surface area (Å²) in [5.74, 6) is -0.229. The number of hydrogen-bond acceptors (Lipinski definition) is 4. The number of rotatable bonds is 5. The Morgan fingerprint density at radius 2 is 1.95 bits per heavy atom. The third kappa shape index (κ3) is 3.85. The molecule has 4 nitrogen and oxygen atoms in total. The minimum absolute atomic E-state index is 0.00191. The fraction of sp³-hybridized carbons (Fsp3) is 0.533. The first-order valence-corrected chi connectivity index (χ1v) is 6.98. The Balaban J connectivity index is 1.87. The molecule has 1 heterocycles. The second-order valence-electron chi connectivity index (χ2n) is 5.39. The van der Waals surface area contributed by atoms with Crippen molar-refractivity contribution in [3.8, 4) is 0 Å². The molecule has 0 spiro atoms. The third-order valence-corrected chi connectivity index (χ3v) is 3.81. The molecule has 1 aliphatic heterocycles. The quantitative estimate of drug-likeness (QED) is 0.791. The molecule has 20 heavy (non-hydrogen) atoms. The van der Waals surface area contributed by atoms with Crippen molar-refractivity contribution in [3.05, 3.63) is 35.6 Å². The molecule has 3 N–H and O–H groups in total. The number of carbonyl (C=O) groups excluding carboxylic acids is 1. The van der Waals surface area contributed by atoms with E-state index in [2.05, 4.69) is 4.90 Å². The van der Waals surface area contributed by atoms with Gasteiger partial charge in [-0.25, -0.2) is 4.39 Å². The van der Waals surface area contributed by atoms with Crippen molar-refractivity contribution in [1.29, 1.82) is 0 Å². The lowest BCUT2D eigenvalue weighted by Crippen LogP contribution is -2.44. The van der Waals surface area contributed by atoms with Crippen molar-refractivity contribution in [1.82, 2.24) is 4.90 Å². The maximum atomic E-state index is 12.8. The van der Waals surface area contributed by atoms with Gasteiger partial charge in [0.15, 0.2) is 5.78 Å². The average Bonchev–Trinajstić information content (AvgIpc) is 2.48. The first kappa shape index (κ1) is 15.1. The summed E-state index contributed by atoms with van der Waals surface area (Å²) in [5, 5.41) is 8.94. The number of Topliss-reactive ketones (excluding diaryl/α,β-unsaturated/α-hetero) is 1. The molecule has 5 heteroatoms. The Morgan fingerprint density at radius 1 is 1.35 bits per heavy atom. The summed E-state index contributed by atoms with van der Waals surface area (Å²) in [6.45, 7) is 2.26. The number of benzene rings is 1. The molecule has 0 bridgehead atoms. The summed E-state index contributed by atoms with van der Waals surface area (Å²) in [4.78, 5) is 14.5. The third-order valence-electron chi connectivity index (χ3n) is 3.81. The van der Waals surface area contributed by atoms with E-state index in [9.17, 15) is 9.18 Å². The van der Waals surface area contributed by atoms with Crippen LogP contribution in [0.2, 0.25) is 0 Å². The van der Waals surface area contributed by atoms with Crippen LogP contribution < -0.4 is 5.73 Å². The van der Waals surface area contributed by atoms with Crippen LogP contribution in [0.4, 0.5) is 4.39 Å². The zero-order valence-electron chi connectivity index (χ0n) is 11.5. The largest absolute Gasteiger partial charge is 0.395 e. The number of piperidine rings is 1. The first-order chi connectivity index (χ1) is 9.60. The summed E-state index contributed by atoms with van der Waals surface area (Å²) >= 11 is 0. The topological polar surface area (TPSA) is 66.6 Å². The van der Waals surface area contributed by atoms with Gasteiger partial charge in [0.1, 0.15) is 5.82 Å². The lowest BCUT2D eigenvalue weighted by Gasteiger charge is -2.32. The van der Waals surface area contributed by atoms with Crippen LogP contribution in [0, 0.1) is 11.7 Å². The molecule has 1 aliphatic rings. The van der Waals surface area contributed by atoms with Crippen molar-refractivity contribution in [2.45, 2.75) is 18.9 Å². The number of likely N-dealkylation sites (tertiary alicyclic amines) is 1. The summed E-state index contributed by atoms with van der Waals surface area (Å²) in [6, 6.07) is 5.52. The number of ketones is 1. The number of nitrogens with two attached hydrogens (primary N) is 1. The van der Waals surface area contributed by atoms with Gasteiger partial charge in [0.05, 0.1) is 6.61 Å². The van der Waals surface area contributed by atoms with E-state index in [1.807, 2.05) is 0 Å². The molecule has 1 fully saturated rings. The standard InChI is InChI=1S/C15H21FN2O2/c16-13-3-1-11(2-4-13)15(20)12-5-7-18(8-6-12)9-14(17)10-19/h1-4,12,14,19H,5-10,17H2. The second kappa shape index (κ2) is 6.92. The van der Waals surface area contributed by atoms with Crippen LogP contribution >= 0.6 is 0 Å². The van der Waals surface area contributed by atoms with Gasteiger partial charge in [-0.1, -0.05) is 0 Å². The molecule has 0 radical (unpaired) electrons. The highest BCUT2D eigenvalue weighted by molar-refractivity contribution is 5.97. The number of halogens is 1. The van der Waals surface area contributed by atoms with Gasteiger partial charge in [0.2, 0.25) is 0 Å². The lowest BCUT2D eigenvalue weighted by molar-refractivity contribution is 0.0827. The fourth-order valence-electron chi connectivity index (χ4n) is 2.62. The minimum atomic E-state index is -0.325. The van der Waals surface area contributed by atoms with E-state index in [1.54, 1.807) is 12.1 Å². The van der Waals surface area contributed by atoms with Gasteiger partial charge in [0, 0.05) is 24.1 Å². The van der Waals surface area contributed by atoms with Gasteiger partial charge in [-0.05, 0) is 50.2 Å². The van der Waals surface area contributed by atoms with E-state index in [0.29, 0.717) is 12.1 Å². The Bertz CT molecular complexity index is 442. The molecule has 1 aromatic rings. The van der Waals surface area contributed by atoms with Crippen molar-refractivity contribution in [2.24, 2.45) is 11.7 Å². The van der Waals surface area contributed by atoms with Gasteiger partial charge in [-0.3, -0.25) is 4.79 Å². The van der Waals surface area contributed by atoms with Gasteiger partial charge in [-0.2, -0.15) is 0 Å². The Morgan fingerprint density at radius 3 is 2.50 bits per heavy atom. The molecular weight excluding hydrogens is 259 g/mol. The highest BCUT2D eigenvalue weighted by atomic mass is 19.1. The fourth-order valence-corrected chi connectivity index (χ4v) is 2.62. The number of hydrogen-bond donors (Lipinski definition) is 2. The van der Waals surface area contributed by atoms with Crippen LogP contribution in [-0.4, -0.2) is 48.1 Å². The first-order valence-electron chi connectivity index (χ1n) is 6.98. The van der Waals surface area contributed by atoms with E-state index < -0.39 is 0 Å². The number of nitrogens with zero attached hydrogens (tertiary/aromatic N) is 1. The molecule has 1 aromatic carbocycles.